The van der Waals surface area contributed by atoms with E-state index in [0.29, 0.717) is 0 Å². The normalized spacial score (nSPS) is 11.3. The smallest absolute Gasteiger partial charge is 0.136 e. The molecule has 0 atom stereocenters. The Bertz CT molecular complexity index is 3980. The average Bonchev–Trinajstić information content (AvgIpc) is 3.85. The SMILES string of the molecule is c1ccc(-c2cc(-c3ccccc3)cc(-c3ccc(N(c4ccc(-c5ccc(-c6cccc(-c7ccc8ccccc8c7)c6)cc5)cc4)c4ccc(-c5cccc6oc7ccccc7c56)cc4)cc3)c2)cc1. The number of nitrogens with zero attached hydrogens (tertiary/aromatic N) is 1. The molecule has 0 spiro atoms. The van der Waals surface area contributed by atoms with E-state index in [-0.39, 0.29) is 0 Å². The molecule has 0 saturated heterocycles. The van der Waals surface area contributed by atoms with Gasteiger partial charge in [-0.25, -0.2) is 0 Å². The van der Waals surface area contributed by atoms with Crippen molar-refractivity contribution in [2.45, 2.75) is 0 Å². The molecule has 0 bridgehead atoms. The van der Waals surface area contributed by atoms with Crippen LogP contribution in [-0.2, 0) is 0 Å². The van der Waals surface area contributed by atoms with Crippen LogP contribution in [0.5, 0.6) is 0 Å². The van der Waals surface area contributed by atoms with Gasteiger partial charge in [0.2, 0.25) is 0 Å². The van der Waals surface area contributed by atoms with Gasteiger partial charge in [0.05, 0.1) is 0 Å². The average molecular weight is 918 g/mol. The summed E-state index contributed by atoms with van der Waals surface area (Å²) in [6.07, 6.45) is 0. The van der Waals surface area contributed by atoms with Crippen molar-refractivity contribution in [2.24, 2.45) is 0 Å². The predicted octanol–water partition coefficient (Wildman–Crippen LogP) is 19.9. The summed E-state index contributed by atoms with van der Waals surface area (Å²) in [5.74, 6) is 0. The minimum atomic E-state index is 0.894. The maximum absolute atomic E-state index is 6.28. The highest BCUT2D eigenvalue weighted by molar-refractivity contribution is 6.12. The number of fused-ring (bicyclic) bond motifs is 4. The molecule has 0 amide bonds. The molecule has 0 unspecified atom stereocenters. The summed E-state index contributed by atoms with van der Waals surface area (Å²) in [5.41, 5.74) is 21.6. The third kappa shape index (κ3) is 8.21. The van der Waals surface area contributed by atoms with E-state index in [1.807, 2.05) is 12.1 Å². The number of para-hydroxylation sites is 1. The summed E-state index contributed by atoms with van der Waals surface area (Å²) in [4.78, 5) is 2.35. The highest BCUT2D eigenvalue weighted by Crippen LogP contribution is 2.42. The Morgan fingerprint density at radius 1 is 0.222 bits per heavy atom. The van der Waals surface area contributed by atoms with Gasteiger partial charge >= 0.3 is 0 Å². The van der Waals surface area contributed by atoms with Crippen LogP contribution in [0.1, 0.15) is 0 Å². The highest BCUT2D eigenvalue weighted by Gasteiger charge is 2.17. The molecule has 1 heterocycles. The van der Waals surface area contributed by atoms with E-state index in [2.05, 4.69) is 278 Å². The lowest BCUT2D eigenvalue weighted by atomic mass is 9.93. The van der Waals surface area contributed by atoms with Gasteiger partial charge in [-0.3, -0.25) is 0 Å². The van der Waals surface area contributed by atoms with Gasteiger partial charge in [0.1, 0.15) is 11.2 Å². The van der Waals surface area contributed by atoms with Crippen LogP contribution >= 0.6 is 0 Å². The summed E-state index contributed by atoms with van der Waals surface area (Å²) in [7, 11) is 0. The summed E-state index contributed by atoms with van der Waals surface area (Å²) < 4.78 is 6.28. The first kappa shape index (κ1) is 42.6. The fourth-order valence-corrected chi connectivity index (χ4v) is 10.3. The Morgan fingerprint density at radius 2 is 0.597 bits per heavy atom. The Balaban J connectivity index is 0.841. The molecule has 2 nitrogen and oxygen atoms in total. The lowest BCUT2D eigenvalue weighted by molar-refractivity contribution is 0.669. The van der Waals surface area contributed by atoms with Gasteiger partial charge in [-0.15, -0.1) is 0 Å². The van der Waals surface area contributed by atoms with Gasteiger partial charge in [0.25, 0.3) is 0 Å². The number of furan rings is 1. The first-order valence-electron chi connectivity index (χ1n) is 24.6. The van der Waals surface area contributed by atoms with Gasteiger partial charge in [0.15, 0.2) is 0 Å². The van der Waals surface area contributed by atoms with Crippen LogP contribution < -0.4 is 4.90 Å². The molecule has 1 aromatic heterocycles. The molecular weight excluding hydrogens is 871 g/mol. The van der Waals surface area contributed by atoms with Crippen LogP contribution in [0.3, 0.4) is 0 Å². The van der Waals surface area contributed by atoms with Gasteiger partial charge in [0, 0.05) is 27.8 Å². The fourth-order valence-electron chi connectivity index (χ4n) is 10.3. The van der Waals surface area contributed by atoms with Gasteiger partial charge in [-0.1, -0.05) is 206 Å². The van der Waals surface area contributed by atoms with Crippen molar-refractivity contribution >= 4 is 49.8 Å². The van der Waals surface area contributed by atoms with E-state index in [1.165, 1.54) is 66.4 Å². The third-order valence-corrected chi connectivity index (χ3v) is 14.1. The van der Waals surface area contributed by atoms with Crippen LogP contribution in [0.25, 0.3) is 111 Å². The number of anilines is 3. The zero-order valence-electron chi connectivity index (χ0n) is 39.5. The summed E-state index contributed by atoms with van der Waals surface area (Å²) >= 11 is 0. The summed E-state index contributed by atoms with van der Waals surface area (Å²) in [6.45, 7) is 0. The minimum Gasteiger partial charge on any atom is -0.456 e. The Hall–Kier alpha value is -9.50. The van der Waals surface area contributed by atoms with E-state index in [4.69, 9.17) is 4.42 Å². The highest BCUT2D eigenvalue weighted by atomic mass is 16.3. The molecule has 0 radical (unpaired) electrons. The van der Waals surface area contributed by atoms with Crippen molar-refractivity contribution in [1.82, 2.24) is 0 Å². The van der Waals surface area contributed by atoms with Crippen molar-refractivity contribution in [3.8, 4) is 77.9 Å². The molecule has 0 aliphatic rings. The van der Waals surface area contributed by atoms with E-state index >= 15 is 0 Å². The van der Waals surface area contributed by atoms with Crippen LogP contribution in [0.15, 0.2) is 290 Å². The molecule has 0 N–H and O–H groups in total. The van der Waals surface area contributed by atoms with Gasteiger partial charge < -0.3 is 9.32 Å². The number of rotatable bonds is 10. The van der Waals surface area contributed by atoms with E-state index < -0.39 is 0 Å². The van der Waals surface area contributed by atoms with Crippen LogP contribution in [0, 0.1) is 0 Å². The van der Waals surface area contributed by atoms with Crippen LogP contribution in [-0.4, -0.2) is 0 Å². The van der Waals surface area contributed by atoms with E-state index in [1.54, 1.807) is 0 Å². The Labute approximate surface area is 420 Å². The lowest BCUT2D eigenvalue weighted by Gasteiger charge is -2.26. The minimum absolute atomic E-state index is 0.894. The largest absolute Gasteiger partial charge is 0.456 e. The lowest BCUT2D eigenvalue weighted by Crippen LogP contribution is -2.09. The predicted molar refractivity (Wildman–Crippen MR) is 304 cm³/mol. The zero-order chi connectivity index (χ0) is 47.8. The van der Waals surface area contributed by atoms with Crippen molar-refractivity contribution < 1.29 is 4.42 Å². The quantitative estimate of drug-likeness (QED) is 0.136. The van der Waals surface area contributed by atoms with Gasteiger partial charge in [-0.05, 0) is 168 Å². The van der Waals surface area contributed by atoms with Crippen molar-refractivity contribution in [1.29, 1.82) is 0 Å². The first-order valence-corrected chi connectivity index (χ1v) is 24.6. The second kappa shape index (κ2) is 18.4. The molecule has 2 heteroatoms. The fraction of sp³-hybridized carbons (Fsp3) is 0. The molecule has 13 aromatic rings. The van der Waals surface area contributed by atoms with E-state index in [0.717, 1.165) is 61.3 Å². The van der Waals surface area contributed by atoms with Crippen molar-refractivity contribution in [3.63, 3.8) is 0 Å². The molecular formula is C70H47NO. The van der Waals surface area contributed by atoms with E-state index in [9.17, 15) is 0 Å². The third-order valence-electron chi connectivity index (χ3n) is 14.1. The molecule has 0 fully saturated rings. The van der Waals surface area contributed by atoms with Crippen molar-refractivity contribution in [3.05, 3.63) is 285 Å². The molecule has 338 valence electrons. The molecule has 0 aliphatic heterocycles. The molecule has 0 aliphatic carbocycles. The molecule has 12 aromatic carbocycles. The summed E-state index contributed by atoms with van der Waals surface area (Å²) in [5, 5.41) is 4.77. The number of hydrogen-bond acceptors (Lipinski definition) is 2. The molecule has 72 heavy (non-hydrogen) atoms. The van der Waals surface area contributed by atoms with Crippen molar-refractivity contribution in [2.75, 3.05) is 4.90 Å². The topological polar surface area (TPSA) is 16.4 Å². The van der Waals surface area contributed by atoms with Crippen LogP contribution in [0.4, 0.5) is 17.1 Å². The monoisotopic (exact) mass is 917 g/mol. The number of hydrogen-bond donors (Lipinski definition) is 0. The maximum Gasteiger partial charge on any atom is 0.136 e. The second-order valence-electron chi connectivity index (χ2n) is 18.5. The summed E-state index contributed by atoms with van der Waals surface area (Å²) in [6, 6.07) is 103. The molecule has 13 rings (SSSR count). The standard InChI is InChI=1S/C70H47NO/c1-3-13-48(14-4-1)60-45-61(49-15-5-2-6-16-49)47-62(46-60)54-33-39-64(40-34-54)71(65-41-35-55(36-42-65)66-22-12-24-69-70(66)67-21-9-10-23-68(67)72-69)63-37-31-52(32-38-63)51-25-27-53(28-26-51)57-19-11-20-58(43-57)59-30-29-50-17-7-8-18-56(50)44-59/h1-47H. The number of benzene rings is 12. The Kier molecular flexibility index (Phi) is 10.9. The van der Waals surface area contributed by atoms with Gasteiger partial charge in [-0.2, -0.15) is 0 Å². The second-order valence-corrected chi connectivity index (χ2v) is 18.5. The Morgan fingerprint density at radius 3 is 1.19 bits per heavy atom. The first-order chi connectivity index (χ1) is 35.6. The zero-order valence-corrected chi connectivity index (χ0v) is 39.5. The maximum atomic E-state index is 6.28. The molecule has 0 saturated carbocycles. The van der Waals surface area contributed by atoms with Crippen LogP contribution in [0.2, 0.25) is 0 Å².